The zero-order valence-corrected chi connectivity index (χ0v) is 11.9. The Kier molecular flexibility index (Phi) is 5.38. The highest BCUT2D eigenvalue weighted by atomic mass is 19.2. The summed E-state index contributed by atoms with van der Waals surface area (Å²) in [5.74, 6) is -3.66. The Morgan fingerprint density at radius 1 is 1.11 bits per heavy atom. The number of nitrogens with one attached hydrogen (secondary N) is 1. The molecule has 0 heterocycles. The average molecular weight is 274 g/mol. The molecule has 19 heavy (non-hydrogen) atoms. The molecule has 0 atom stereocenters. The molecular weight excluding hydrogens is 253 g/mol. The lowest BCUT2D eigenvalue weighted by Gasteiger charge is -2.23. The van der Waals surface area contributed by atoms with Crippen LogP contribution in [0.25, 0.3) is 0 Å². The summed E-state index contributed by atoms with van der Waals surface area (Å²) in [4.78, 5) is 1.86. The maximum atomic E-state index is 13.5. The second-order valence-corrected chi connectivity index (χ2v) is 5.75. The van der Waals surface area contributed by atoms with Crippen molar-refractivity contribution in [1.82, 2.24) is 10.2 Å². The first-order valence-electron chi connectivity index (χ1n) is 6.26. The molecule has 0 spiro atoms. The maximum Gasteiger partial charge on any atom is 0.194 e. The van der Waals surface area contributed by atoms with Crippen LogP contribution in [-0.4, -0.2) is 30.6 Å². The summed E-state index contributed by atoms with van der Waals surface area (Å²) in [6.45, 7) is 7.85. The first-order chi connectivity index (χ1) is 8.70. The molecule has 5 heteroatoms. The molecule has 0 saturated carbocycles. The van der Waals surface area contributed by atoms with E-state index in [1.165, 1.54) is 6.07 Å². The minimum absolute atomic E-state index is 0.0219. The molecule has 0 bridgehead atoms. The minimum atomic E-state index is -1.40. The molecule has 108 valence electrons. The van der Waals surface area contributed by atoms with Gasteiger partial charge < -0.3 is 10.2 Å². The fraction of sp³-hybridized carbons (Fsp3) is 0.571. The summed E-state index contributed by atoms with van der Waals surface area (Å²) in [5.41, 5.74) is 0.186. The number of rotatable bonds is 5. The van der Waals surface area contributed by atoms with Crippen LogP contribution in [0, 0.1) is 17.5 Å². The average Bonchev–Trinajstić information content (AvgIpc) is 2.28. The van der Waals surface area contributed by atoms with E-state index in [0.29, 0.717) is 6.54 Å². The second-order valence-electron chi connectivity index (χ2n) is 5.75. The van der Waals surface area contributed by atoms with Crippen LogP contribution >= 0.6 is 0 Å². The summed E-state index contributed by atoms with van der Waals surface area (Å²) >= 11 is 0. The summed E-state index contributed by atoms with van der Waals surface area (Å²) < 4.78 is 39.3. The van der Waals surface area contributed by atoms with Gasteiger partial charge in [-0.2, -0.15) is 0 Å². The van der Waals surface area contributed by atoms with Crippen LogP contribution in [0.4, 0.5) is 13.2 Å². The highest BCUT2D eigenvalue weighted by molar-refractivity contribution is 5.20. The van der Waals surface area contributed by atoms with E-state index in [2.05, 4.69) is 26.1 Å². The molecule has 0 saturated heterocycles. The van der Waals surface area contributed by atoms with Gasteiger partial charge in [-0.15, -0.1) is 0 Å². The third-order valence-corrected chi connectivity index (χ3v) is 2.70. The first kappa shape index (κ1) is 16.0. The molecular formula is C14H21F3N2. The maximum absolute atomic E-state index is 13.5. The Morgan fingerprint density at radius 3 is 2.32 bits per heavy atom. The van der Waals surface area contributed by atoms with Gasteiger partial charge in [0.15, 0.2) is 17.5 Å². The van der Waals surface area contributed by atoms with Gasteiger partial charge in [0.05, 0.1) is 0 Å². The smallest absolute Gasteiger partial charge is 0.194 e. The van der Waals surface area contributed by atoms with Gasteiger partial charge in [0, 0.05) is 30.7 Å². The Balaban J connectivity index is 2.53. The van der Waals surface area contributed by atoms with E-state index in [0.717, 1.165) is 12.6 Å². The Labute approximate surface area is 112 Å². The van der Waals surface area contributed by atoms with Crippen molar-refractivity contribution in [1.29, 1.82) is 0 Å². The zero-order chi connectivity index (χ0) is 14.6. The van der Waals surface area contributed by atoms with Crippen LogP contribution in [0.1, 0.15) is 26.3 Å². The minimum Gasteiger partial charge on any atom is -0.311 e. The van der Waals surface area contributed by atoms with Gasteiger partial charge in [-0.05, 0) is 33.9 Å². The predicted molar refractivity (Wildman–Crippen MR) is 70.4 cm³/mol. The second kappa shape index (κ2) is 6.39. The monoisotopic (exact) mass is 274 g/mol. The summed E-state index contributed by atoms with van der Waals surface area (Å²) in [6.07, 6.45) is 0. The van der Waals surface area contributed by atoms with Gasteiger partial charge in [-0.3, -0.25) is 0 Å². The van der Waals surface area contributed by atoms with Gasteiger partial charge in [0.2, 0.25) is 0 Å². The van der Waals surface area contributed by atoms with Crippen molar-refractivity contribution in [3.8, 4) is 0 Å². The van der Waals surface area contributed by atoms with Gasteiger partial charge in [0.1, 0.15) is 0 Å². The van der Waals surface area contributed by atoms with E-state index in [4.69, 9.17) is 0 Å². The van der Waals surface area contributed by atoms with Crippen molar-refractivity contribution >= 4 is 0 Å². The van der Waals surface area contributed by atoms with Crippen molar-refractivity contribution < 1.29 is 13.2 Å². The van der Waals surface area contributed by atoms with Crippen LogP contribution in [0.3, 0.4) is 0 Å². The Bertz CT molecular complexity index is 427. The third-order valence-electron chi connectivity index (χ3n) is 2.70. The van der Waals surface area contributed by atoms with Crippen LogP contribution in [0.2, 0.25) is 0 Å². The molecule has 1 N–H and O–H groups in total. The number of halogens is 3. The SMILES string of the molecule is CN(CCNC(C)(C)C)Cc1ccc(F)c(F)c1F. The number of hydrogen-bond acceptors (Lipinski definition) is 2. The molecule has 1 aromatic carbocycles. The lowest BCUT2D eigenvalue weighted by molar-refractivity contribution is 0.297. The predicted octanol–water partition coefficient (Wildman–Crippen LogP) is 2.92. The Hall–Kier alpha value is -1.07. The van der Waals surface area contributed by atoms with E-state index < -0.39 is 17.5 Å². The van der Waals surface area contributed by atoms with Crippen molar-refractivity contribution in [3.05, 3.63) is 35.1 Å². The zero-order valence-electron chi connectivity index (χ0n) is 11.9. The molecule has 0 radical (unpaired) electrons. The van der Waals surface area contributed by atoms with Crippen molar-refractivity contribution in [3.63, 3.8) is 0 Å². The van der Waals surface area contributed by atoms with Gasteiger partial charge in [-0.25, -0.2) is 13.2 Å². The fourth-order valence-corrected chi connectivity index (χ4v) is 1.68. The molecule has 0 aliphatic rings. The van der Waals surface area contributed by atoms with E-state index in [1.807, 2.05) is 11.9 Å². The molecule has 2 nitrogen and oxygen atoms in total. The number of hydrogen-bond donors (Lipinski definition) is 1. The molecule has 0 aliphatic carbocycles. The topological polar surface area (TPSA) is 15.3 Å². The lowest BCUT2D eigenvalue weighted by atomic mass is 10.1. The van der Waals surface area contributed by atoms with Crippen molar-refractivity contribution in [2.24, 2.45) is 0 Å². The van der Waals surface area contributed by atoms with Crippen molar-refractivity contribution in [2.45, 2.75) is 32.9 Å². The van der Waals surface area contributed by atoms with Crippen LogP contribution < -0.4 is 5.32 Å². The number of likely N-dealkylation sites (N-methyl/N-ethyl adjacent to an activating group) is 1. The van der Waals surface area contributed by atoms with E-state index in [9.17, 15) is 13.2 Å². The standard InChI is InChI=1S/C14H21F3N2/c1-14(2,3)18-7-8-19(4)9-10-5-6-11(15)13(17)12(10)16/h5-6,18H,7-9H2,1-4H3. The van der Waals surface area contributed by atoms with E-state index >= 15 is 0 Å². The fourth-order valence-electron chi connectivity index (χ4n) is 1.68. The lowest BCUT2D eigenvalue weighted by Crippen LogP contribution is -2.40. The molecule has 0 aromatic heterocycles. The molecule has 0 amide bonds. The first-order valence-corrected chi connectivity index (χ1v) is 6.26. The van der Waals surface area contributed by atoms with E-state index in [-0.39, 0.29) is 17.6 Å². The van der Waals surface area contributed by atoms with Gasteiger partial charge in [0.25, 0.3) is 0 Å². The molecule has 0 aliphatic heterocycles. The Morgan fingerprint density at radius 2 is 1.74 bits per heavy atom. The number of nitrogens with zero attached hydrogens (tertiary/aromatic N) is 1. The van der Waals surface area contributed by atoms with Crippen LogP contribution in [0.15, 0.2) is 12.1 Å². The quantitative estimate of drug-likeness (QED) is 0.831. The summed E-state index contributed by atoms with van der Waals surface area (Å²) in [6, 6.07) is 2.23. The van der Waals surface area contributed by atoms with Gasteiger partial charge in [-0.1, -0.05) is 6.07 Å². The normalized spacial score (nSPS) is 12.2. The van der Waals surface area contributed by atoms with Crippen LogP contribution in [-0.2, 0) is 6.54 Å². The highest BCUT2D eigenvalue weighted by Gasteiger charge is 2.15. The molecule has 1 aromatic rings. The molecule has 0 unspecified atom stereocenters. The summed E-state index contributed by atoms with van der Waals surface area (Å²) in [5, 5.41) is 3.30. The number of benzene rings is 1. The molecule has 0 fully saturated rings. The van der Waals surface area contributed by atoms with Crippen molar-refractivity contribution in [2.75, 3.05) is 20.1 Å². The van der Waals surface area contributed by atoms with Crippen LogP contribution in [0.5, 0.6) is 0 Å². The summed E-state index contributed by atoms with van der Waals surface area (Å²) in [7, 11) is 1.81. The van der Waals surface area contributed by atoms with E-state index in [1.54, 1.807) is 0 Å². The molecule has 1 rings (SSSR count). The largest absolute Gasteiger partial charge is 0.311 e. The third kappa shape index (κ3) is 5.20. The highest BCUT2D eigenvalue weighted by Crippen LogP contribution is 2.16. The van der Waals surface area contributed by atoms with Gasteiger partial charge >= 0.3 is 0 Å².